The Morgan fingerprint density at radius 2 is 1.90 bits per heavy atom. The van der Waals surface area contributed by atoms with E-state index in [0.717, 1.165) is 11.1 Å². The van der Waals surface area contributed by atoms with Crippen LogP contribution in [-0.4, -0.2) is 22.6 Å². The number of hydrogen-bond acceptors (Lipinski definition) is 4. The molecule has 0 unspecified atom stereocenters. The van der Waals surface area contributed by atoms with Crippen LogP contribution in [0.25, 0.3) is 11.0 Å². The number of carbonyl (C=O) groups is 1. The minimum atomic E-state index is -0.510. The Labute approximate surface area is 184 Å². The molecule has 7 heteroatoms. The van der Waals surface area contributed by atoms with Gasteiger partial charge in [0.25, 0.3) is 11.5 Å². The molecule has 0 aliphatic heterocycles. The van der Waals surface area contributed by atoms with Crippen LogP contribution in [0.5, 0.6) is 5.75 Å². The minimum absolute atomic E-state index is 0.0259. The molecule has 1 N–H and O–H groups in total. The number of hydrogen-bond donors (Lipinski definition) is 1. The molecule has 156 valence electrons. The molecular formula is C24H20ClN3O3. The predicted octanol–water partition coefficient (Wildman–Crippen LogP) is 4.67. The average Bonchev–Trinajstić information content (AvgIpc) is 2.77. The first-order valence-corrected chi connectivity index (χ1v) is 10.0. The SMILES string of the molecule is COc1ccc(C)cc1NC(=O)c1cc2cccnc2n(Cc2ccc(Cl)cc2)c1=O. The van der Waals surface area contributed by atoms with Crippen molar-refractivity contribution in [3.63, 3.8) is 0 Å². The predicted molar refractivity (Wildman–Crippen MR) is 122 cm³/mol. The van der Waals surface area contributed by atoms with Gasteiger partial charge in [0, 0.05) is 16.6 Å². The molecule has 0 spiro atoms. The lowest BCUT2D eigenvalue weighted by Crippen LogP contribution is -2.30. The van der Waals surface area contributed by atoms with Crippen LogP contribution in [0.2, 0.25) is 5.02 Å². The maximum absolute atomic E-state index is 13.3. The van der Waals surface area contributed by atoms with Crippen LogP contribution >= 0.6 is 11.6 Å². The van der Waals surface area contributed by atoms with Crippen LogP contribution in [0.1, 0.15) is 21.5 Å². The van der Waals surface area contributed by atoms with Gasteiger partial charge in [-0.3, -0.25) is 14.2 Å². The average molecular weight is 434 g/mol. The second-order valence-corrected chi connectivity index (χ2v) is 7.59. The number of carbonyl (C=O) groups excluding carboxylic acids is 1. The van der Waals surface area contributed by atoms with Crippen molar-refractivity contribution in [1.82, 2.24) is 9.55 Å². The second kappa shape index (κ2) is 8.62. The van der Waals surface area contributed by atoms with Gasteiger partial charge >= 0.3 is 0 Å². The van der Waals surface area contributed by atoms with Crippen LogP contribution in [0, 0.1) is 6.92 Å². The molecular weight excluding hydrogens is 414 g/mol. The number of benzene rings is 2. The van der Waals surface area contributed by atoms with Gasteiger partial charge in [-0.2, -0.15) is 0 Å². The van der Waals surface area contributed by atoms with E-state index < -0.39 is 11.5 Å². The highest BCUT2D eigenvalue weighted by Crippen LogP contribution is 2.26. The zero-order chi connectivity index (χ0) is 22.0. The van der Waals surface area contributed by atoms with Crippen molar-refractivity contribution in [1.29, 1.82) is 0 Å². The second-order valence-electron chi connectivity index (χ2n) is 7.15. The van der Waals surface area contributed by atoms with Crippen molar-refractivity contribution < 1.29 is 9.53 Å². The Hall–Kier alpha value is -3.64. The molecule has 2 aromatic heterocycles. The maximum atomic E-state index is 13.3. The fourth-order valence-electron chi connectivity index (χ4n) is 3.40. The van der Waals surface area contributed by atoms with E-state index in [9.17, 15) is 9.59 Å². The topological polar surface area (TPSA) is 73.2 Å². The van der Waals surface area contributed by atoms with Gasteiger partial charge < -0.3 is 10.1 Å². The Morgan fingerprint density at radius 3 is 2.65 bits per heavy atom. The summed E-state index contributed by atoms with van der Waals surface area (Å²) in [4.78, 5) is 30.8. The van der Waals surface area contributed by atoms with Crippen LogP contribution in [0.4, 0.5) is 5.69 Å². The summed E-state index contributed by atoms with van der Waals surface area (Å²) < 4.78 is 6.83. The number of nitrogens with one attached hydrogen (secondary N) is 1. The summed E-state index contributed by atoms with van der Waals surface area (Å²) in [6, 6.07) is 17.8. The smallest absolute Gasteiger partial charge is 0.265 e. The molecule has 0 saturated heterocycles. The maximum Gasteiger partial charge on any atom is 0.265 e. The van der Waals surface area contributed by atoms with Gasteiger partial charge in [0.15, 0.2) is 0 Å². The number of halogens is 1. The van der Waals surface area contributed by atoms with Crippen molar-refractivity contribution in [2.75, 3.05) is 12.4 Å². The Kier molecular flexibility index (Phi) is 5.73. The molecule has 0 fully saturated rings. The molecule has 2 heterocycles. The molecule has 4 aromatic rings. The standard InChI is InChI=1S/C24H20ClN3O3/c1-15-5-10-21(31-2)20(12-15)27-23(29)19-13-17-4-3-11-26-22(17)28(24(19)30)14-16-6-8-18(25)9-7-16/h3-13H,14H2,1-2H3,(H,27,29). The highest BCUT2D eigenvalue weighted by atomic mass is 35.5. The van der Waals surface area contributed by atoms with Crippen LogP contribution in [0.3, 0.4) is 0 Å². The number of rotatable bonds is 5. The summed E-state index contributed by atoms with van der Waals surface area (Å²) >= 11 is 5.98. The fraction of sp³-hybridized carbons (Fsp3) is 0.125. The molecule has 0 saturated carbocycles. The highest BCUT2D eigenvalue weighted by Gasteiger charge is 2.18. The van der Waals surface area contributed by atoms with Crippen molar-refractivity contribution >= 4 is 34.2 Å². The van der Waals surface area contributed by atoms with Gasteiger partial charge in [-0.15, -0.1) is 0 Å². The highest BCUT2D eigenvalue weighted by molar-refractivity contribution is 6.30. The van der Waals surface area contributed by atoms with E-state index in [1.807, 2.05) is 31.2 Å². The van der Waals surface area contributed by atoms with E-state index in [4.69, 9.17) is 16.3 Å². The Bertz CT molecular complexity index is 1330. The van der Waals surface area contributed by atoms with Gasteiger partial charge in [0.05, 0.1) is 19.3 Å². The summed E-state index contributed by atoms with van der Waals surface area (Å²) in [6.07, 6.45) is 1.62. The number of pyridine rings is 2. The number of nitrogens with zero attached hydrogens (tertiary/aromatic N) is 2. The van der Waals surface area contributed by atoms with Gasteiger partial charge in [-0.1, -0.05) is 29.8 Å². The first kappa shape index (κ1) is 20.6. The Balaban J connectivity index is 1.79. The molecule has 0 aliphatic rings. The first-order valence-electron chi connectivity index (χ1n) is 9.65. The number of amides is 1. The summed E-state index contributed by atoms with van der Waals surface area (Å²) in [7, 11) is 1.53. The Morgan fingerprint density at radius 1 is 1.13 bits per heavy atom. The van der Waals surface area contributed by atoms with Crippen LogP contribution in [-0.2, 0) is 6.54 Å². The lowest BCUT2D eigenvalue weighted by molar-refractivity contribution is 0.102. The number of methoxy groups -OCH3 is 1. The third-order valence-electron chi connectivity index (χ3n) is 4.95. The summed E-state index contributed by atoms with van der Waals surface area (Å²) in [5.74, 6) is 0.00686. The summed E-state index contributed by atoms with van der Waals surface area (Å²) in [5, 5.41) is 4.11. The number of aromatic nitrogens is 2. The largest absolute Gasteiger partial charge is 0.495 e. The van der Waals surface area contributed by atoms with E-state index in [2.05, 4.69) is 10.3 Å². The van der Waals surface area contributed by atoms with E-state index in [1.165, 1.54) is 11.7 Å². The van der Waals surface area contributed by atoms with E-state index in [0.29, 0.717) is 27.5 Å². The molecule has 4 rings (SSSR count). The van der Waals surface area contributed by atoms with Gasteiger partial charge in [0.1, 0.15) is 17.0 Å². The molecule has 0 atom stereocenters. The summed E-state index contributed by atoms with van der Waals surface area (Å²) in [5.41, 5.74) is 2.44. The quantitative estimate of drug-likeness (QED) is 0.496. The molecule has 2 aromatic carbocycles. The molecule has 1 amide bonds. The third kappa shape index (κ3) is 4.29. The van der Waals surface area contributed by atoms with E-state index in [1.54, 1.807) is 42.6 Å². The number of aryl methyl sites for hydroxylation is 1. The number of ether oxygens (including phenoxy) is 1. The van der Waals surface area contributed by atoms with Crippen molar-refractivity contribution in [2.24, 2.45) is 0 Å². The lowest BCUT2D eigenvalue weighted by Gasteiger charge is -2.14. The van der Waals surface area contributed by atoms with Crippen molar-refractivity contribution in [3.8, 4) is 5.75 Å². The van der Waals surface area contributed by atoms with Crippen LogP contribution < -0.4 is 15.6 Å². The van der Waals surface area contributed by atoms with Gasteiger partial charge in [-0.05, 0) is 60.5 Å². The lowest BCUT2D eigenvalue weighted by atomic mass is 10.1. The fourth-order valence-corrected chi connectivity index (χ4v) is 3.52. The van der Waals surface area contributed by atoms with Crippen molar-refractivity contribution in [2.45, 2.75) is 13.5 Å². The van der Waals surface area contributed by atoms with Gasteiger partial charge in [-0.25, -0.2) is 4.98 Å². The van der Waals surface area contributed by atoms with Crippen LogP contribution in [0.15, 0.2) is 71.7 Å². The minimum Gasteiger partial charge on any atom is -0.495 e. The molecule has 0 radical (unpaired) electrons. The van der Waals surface area contributed by atoms with Gasteiger partial charge in [0.2, 0.25) is 0 Å². The normalized spacial score (nSPS) is 10.8. The van der Waals surface area contributed by atoms with E-state index >= 15 is 0 Å². The zero-order valence-corrected chi connectivity index (χ0v) is 17.8. The molecule has 0 aliphatic carbocycles. The molecule has 6 nitrogen and oxygen atoms in total. The van der Waals surface area contributed by atoms with E-state index in [-0.39, 0.29) is 12.1 Å². The molecule has 31 heavy (non-hydrogen) atoms. The number of anilines is 1. The molecule has 0 bridgehead atoms. The van der Waals surface area contributed by atoms with Crippen molar-refractivity contribution in [3.05, 3.63) is 98.9 Å². The number of fused-ring (bicyclic) bond motifs is 1. The first-order chi connectivity index (χ1) is 15.0. The monoisotopic (exact) mass is 433 g/mol. The third-order valence-corrected chi connectivity index (χ3v) is 5.20. The zero-order valence-electron chi connectivity index (χ0n) is 17.1. The summed E-state index contributed by atoms with van der Waals surface area (Å²) in [6.45, 7) is 2.17.